The highest BCUT2D eigenvalue weighted by atomic mass is 35.5. The fraction of sp³-hybridized carbons (Fsp3) is 0.455. The largest absolute Gasteiger partial charge is 0.122 e. The summed E-state index contributed by atoms with van der Waals surface area (Å²) in [5, 5.41) is 0.407. The first kappa shape index (κ1) is 6.97. The Kier molecular flexibility index (Phi) is 1.31. The highest BCUT2D eigenvalue weighted by Crippen LogP contribution is 2.54. The Bertz CT molecular complexity index is 319. The monoisotopic (exact) mass is 178 g/mol. The molecule has 2 aliphatic rings. The van der Waals surface area contributed by atoms with E-state index in [1.165, 1.54) is 18.4 Å². The second-order valence-electron chi connectivity index (χ2n) is 3.92. The summed E-state index contributed by atoms with van der Waals surface area (Å²) in [4.78, 5) is 0. The van der Waals surface area contributed by atoms with E-state index in [1.807, 2.05) is 0 Å². The Hall–Kier alpha value is -0.490. The van der Waals surface area contributed by atoms with E-state index in [2.05, 4.69) is 24.3 Å². The van der Waals surface area contributed by atoms with Crippen LogP contribution in [0.5, 0.6) is 0 Å². The van der Waals surface area contributed by atoms with Crippen LogP contribution in [0, 0.1) is 0 Å². The predicted molar refractivity (Wildman–Crippen MR) is 50.8 cm³/mol. The highest BCUT2D eigenvalue weighted by Gasteiger charge is 2.42. The normalized spacial score (nSPS) is 36.9. The van der Waals surface area contributed by atoms with Crippen LogP contribution in [-0.4, -0.2) is 5.38 Å². The lowest BCUT2D eigenvalue weighted by atomic mass is 9.92. The molecule has 0 aromatic heterocycles. The zero-order chi connectivity index (χ0) is 8.13. The topological polar surface area (TPSA) is 0 Å². The minimum Gasteiger partial charge on any atom is -0.122 e. The van der Waals surface area contributed by atoms with E-state index < -0.39 is 0 Å². The molecule has 0 saturated heterocycles. The van der Waals surface area contributed by atoms with Gasteiger partial charge < -0.3 is 0 Å². The summed E-state index contributed by atoms with van der Waals surface area (Å²) in [6.07, 6.45) is 2.50. The van der Waals surface area contributed by atoms with Gasteiger partial charge in [-0.05, 0) is 29.9 Å². The van der Waals surface area contributed by atoms with E-state index in [9.17, 15) is 0 Å². The van der Waals surface area contributed by atoms with Gasteiger partial charge in [0.15, 0.2) is 0 Å². The third kappa shape index (κ3) is 0.740. The van der Waals surface area contributed by atoms with Crippen LogP contribution in [0.3, 0.4) is 0 Å². The van der Waals surface area contributed by atoms with Crippen LogP contribution in [0.1, 0.15) is 35.8 Å². The van der Waals surface area contributed by atoms with Gasteiger partial charge in [0.2, 0.25) is 0 Å². The number of hydrogen-bond acceptors (Lipinski definition) is 0. The smallest absolute Gasteiger partial charge is 0.0410 e. The van der Waals surface area contributed by atoms with Crippen molar-refractivity contribution in [1.82, 2.24) is 0 Å². The molecule has 1 aromatic rings. The fourth-order valence-electron chi connectivity index (χ4n) is 2.78. The number of alkyl halides is 1. The van der Waals surface area contributed by atoms with Gasteiger partial charge in [-0.2, -0.15) is 0 Å². The number of benzene rings is 1. The molecule has 1 heteroatoms. The zero-order valence-corrected chi connectivity index (χ0v) is 7.59. The van der Waals surface area contributed by atoms with E-state index in [0.29, 0.717) is 11.3 Å². The van der Waals surface area contributed by atoms with E-state index in [4.69, 9.17) is 11.6 Å². The quantitative estimate of drug-likeness (QED) is 0.535. The molecule has 1 fully saturated rings. The molecule has 0 amide bonds. The summed E-state index contributed by atoms with van der Waals surface area (Å²) in [5.41, 5.74) is 3.09. The molecule has 0 aliphatic heterocycles. The standard InChI is InChI=1S/C11H11Cl/c12-11-6-7-5-10(11)9-4-2-1-3-8(7)9/h1-4,7,10-11H,5-6H2/t7-,10+,11+/m1/s1. The first-order chi connectivity index (χ1) is 5.86. The molecular weight excluding hydrogens is 168 g/mol. The van der Waals surface area contributed by atoms with Gasteiger partial charge in [0, 0.05) is 11.3 Å². The minimum absolute atomic E-state index is 0.407. The second kappa shape index (κ2) is 2.26. The van der Waals surface area contributed by atoms with Crippen molar-refractivity contribution in [3.63, 3.8) is 0 Å². The number of rotatable bonds is 0. The summed E-state index contributed by atoms with van der Waals surface area (Å²) in [6.45, 7) is 0. The Morgan fingerprint density at radius 1 is 1.08 bits per heavy atom. The van der Waals surface area contributed by atoms with Crippen LogP contribution < -0.4 is 0 Å². The maximum atomic E-state index is 6.24. The molecule has 2 bridgehead atoms. The van der Waals surface area contributed by atoms with Crippen molar-refractivity contribution in [1.29, 1.82) is 0 Å². The van der Waals surface area contributed by atoms with Gasteiger partial charge in [-0.1, -0.05) is 24.3 Å². The van der Waals surface area contributed by atoms with Crippen LogP contribution in [0.15, 0.2) is 24.3 Å². The number of hydrogen-bond donors (Lipinski definition) is 0. The van der Waals surface area contributed by atoms with Gasteiger partial charge in [0.1, 0.15) is 0 Å². The highest BCUT2D eigenvalue weighted by molar-refractivity contribution is 6.21. The number of fused-ring (bicyclic) bond motifs is 5. The Morgan fingerprint density at radius 2 is 1.83 bits per heavy atom. The first-order valence-electron chi connectivity index (χ1n) is 4.59. The van der Waals surface area contributed by atoms with E-state index in [-0.39, 0.29) is 0 Å². The third-order valence-corrected chi connectivity index (χ3v) is 3.80. The molecule has 2 aliphatic carbocycles. The van der Waals surface area contributed by atoms with Gasteiger partial charge in [0.25, 0.3) is 0 Å². The molecule has 0 heterocycles. The van der Waals surface area contributed by atoms with Crippen LogP contribution in [-0.2, 0) is 0 Å². The molecule has 1 saturated carbocycles. The average molecular weight is 179 g/mol. The average Bonchev–Trinajstić information content (AvgIpc) is 2.62. The van der Waals surface area contributed by atoms with Crippen molar-refractivity contribution in [2.75, 3.05) is 0 Å². The molecule has 62 valence electrons. The maximum absolute atomic E-state index is 6.24. The summed E-state index contributed by atoms with van der Waals surface area (Å²) >= 11 is 6.24. The molecule has 1 aromatic carbocycles. The van der Waals surface area contributed by atoms with Gasteiger partial charge in [-0.3, -0.25) is 0 Å². The molecule has 3 rings (SSSR count). The van der Waals surface area contributed by atoms with E-state index in [1.54, 1.807) is 5.56 Å². The molecule has 3 atom stereocenters. The Labute approximate surface area is 77.5 Å². The lowest BCUT2D eigenvalue weighted by molar-refractivity contribution is 0.726. The van der Waals surface area contributed by atoms with Crippen molar-refractivity contribution in [3.8, 4) is 0 Å². The SMILES string of the molecule is Cl[C@H]1C[C@H]2C[C@H]1c1ccccc12. The molecule has 0 radical (unpaired) electrons. The summed E-state index contributed by atoms with van der Waals surface area (Å²) in [6, 6.07) is 8.78. The zero-order valence-electron chi connectivity index (χ0n) is 6.83. The molecule has 0 spiro atoms. The Morgan fingerprint density at radius 3 is 2.67 bits per heavy atom. The first-order valence-corrected chi connectivity index (χ1v) is 5.03. The minimum atomic E-state index is 0.407. The van der Waals surface area contributed by atoms with Gasteiger partial charge >= 0.3 is 0 Å². The Balaban J connectivity index is 2.17. The number of halogens is 1. The van der Waals surface area contributed by atoms with Crippen LogP contribution >= 0.6 is 11.6 Å². The van der Waals surface area contributed by atoms with Crippen molar-refractivity contribution < 1.29 is 0 Å². The van der Waals surface area contributed by atoms with Crippen LogP contribution in [0.4, 0.5) is 0 Å². The van der Waals surface area contributed by atoms with Crippen molar-refractivity contribution >= 4 is 11.6 Å². The lowest BCUT2D eigenvalue weighted by Crippen LogP contribution is -2.09. The molecule has 0 unspecified atom stereocenters. The molecule has 0 nitrogen and oxygen atoms in total. The van der Waals surface area contributed by atoms with Gasteiger partial charge in [0.05, 0.1) is 0 Å². The van der Waals surface area contributed by atoms with Crippen molar-refractivity contribution in [2.45, 2.75) is 30.1 Å². The lowest BCUT2D eigenvalue weighted by Gasteiger charge is -2.18. The van der Waals surface area contributed by atoms with E-state index in [0.717, 1.165) is 5.92 Å². The summed E-state index contributed by atoms with van der Waals surface area (Å²) in [7, 11) is 0. The predicted octanol–water partition coefficient (Wildman–Crippen LogP) is 3.27. The second-order valence-corrected chi connectivity index (χ2v) is 4.48. The van der Waals surface area contributed by atoms with E-state index >= 15 is 0 Å². The fourth-order valence-corrected chi connectivity index (χ4v) is 3.24. The third-order valence-electron chi connectivity index (χ3n) is 3.32. The van der Waals surface area contributed by atoms with Crippen LogP contribution in [0.2, 0.25) is 0 Å². The molecular formula is C11H11Cl. The molecule has 0 N–H and O–H groups in total. The van der Waals surface area contributed by atoms with Crippen LogP contribution in [0.25, 0.3) is 0 Å². The molecule has 12 heavy (non-hydrogen) atoms. The van der Waals surface area contributed by atoms with Crippen molar-refractivity contribution in [3.05, 3.63) is 35.4 Å². The maximum Gasteiger partial charge on any atom is 0.0410 e. The van der Waals surface area contributed by atoms with Crippen molar-refractivity contribution in [2.24, 2.45) is 0 Å². The van der Waals surface area contributed by atoms with Gasteiger partial charge in [-0.15, -0.1) is 11.6 Å². The summed E-state index contributed by atoms with van der Waals surface area (Å²) < 4.78 is 0. The van der Waals surface area contributed by atoms with Gasteiger partial charge in [-0.25, -0.2) is 0 Å². The summed E-state index contributed by atoms with van der Waals surface area (Å²) in [5.74, 6) is 1.43.